The van der Waals surface area contributed by atoms with Crippen molar-refractivity contribution in [2.45, 2.75) is 24.8 Å². The van der Waals surface area contributed by atoms with Crippen LogP contribution in [0.5, 0.6) is 0 Å². The zero-order chi connectivity index (χ0) is 14.0. The van der Waals surface area contributed by atoms with E-state index in [0.29, 0.717) is 19.0 Å². The van der Waals surface area contributed by atoms with Gasteiger partial charge in [-0.3, -0.25) is 5.10 Å². The lowest BCUT2D eigenvalue weighted by molar-refractivity contribution is 0.0596. The first-order valence-electron chi connectivity index (χ1n) is 6.08. The number of H-pyrrole nitrogens is 1. The van der Waals surface area contributed by atoms with E-state index in [4.69, 9.17) is 0 Å². The number of aromatic amines is 1. The molecule has 7 nitrogen and oxygen atoms in total. The Balaban J connectivity index is 2.34. The number of carbonyl (C=O) groups is 1. The number of aromatic nitrogens is 2. The lowest BCUT2D eigenvalue weighted by atomic mass is 10.0. The third-order valence-corrected chi connectivity index (χ3v) is 5.07. The van der Waals surface area contributed by atoms with Gasteiger partial charge in [0.05, 0.1) is 13.3 Å². The van der Waals surface area contributed by atoms with E-state index in [2.05, 4.69) is 14.9 Å². The maximum absolute atomic E-state index is 12.5. The Kier molecular flexibility index (Phi) is 3.91. The van der Waals surface area contributed by atoms with Gasteiger partial charge in [-0.05, 0) is 18.8 Å². The van der Waals surface area contributed by atoms with E-state index in [0.717, 1.165) is 12.8 Å². The van der Waals surface area contributed by atoms with Crippen molar-refractivity contribution in [3.8, 4) is 0 Å². The molecule has 1 atom stereocenters. The highest BCUT2D eigenvalue weighted by molar-refractivity contribution is 7.89. The molecule has 0 aliphatic carbocycles. The summed E-state index contributed by atoms with van der Waals surface area (Å²) in [4.78, 5) is 11.5. The van der Waals surface area contributed by atoms with Crippen LogP contribution in [0.15, 0.2) is 11.2 Å². The number of esters is 1. The second kappa shape index (κ2) is 5.30. The molecule has 0 spiro atoms. The van der Waals surface area contributed by atoms with Gasteiger partial charge < -0.3 is 4.74 Å². The number of methoxy groups -OCH3 is 1. The monoisotopic (exact) mass is 287 g/mol. The van der Waals surface area contributed by atoms with Crippen LogP contribution in [-0.2, 0) is 14.8 Å². The smallest absolute Gasteiger partial charge is 0.342 e. The fourth-order valence-corrected chi connectivity index (χ4v) is 3.88. The molecule has 8 heteroatoms. The molecule has 1 N–H and O–H groups in total. The van der Waals surface area contributed by atoms with E-state index < -0.39 is 16.0 Å². The first kappa shape index (κ1) is 14.0. The largest absolute Gasteiger partial charge is 0.465 e. The number of piperidine rings is 1. The van der Waals surface area contributed by atoms with Crippen LogP contribution >= 0.6 is 0 Å². The predicted molar refractivity (Wildman–Crippen MR) is 67.1 cm³/mol. The van der Waals surface area contributed by atoms with Crippen molar-refractivity contribution < 1.29 is 17.9 Å². The van der Waals surface area contributed by atoms with Crippen molar-refractivity contribution in [3.63, 3.8) is 0 Å². The van der Waals surface area contributed by atoms with Crippen molar-refractivity contribution in [1.29, 1.82) is 0 Å². The van der Waals surface area contributed by atoms with Crippen molar-refractivity contribution in [2.24, 2.45) is 5.92 Å². The molecule has 1 aromatic heterocycles. The van der Waals surface area contributed by atoms with E-state index in [1.807, 2.05) is 6.92 Å². The molecule has 2 heterocycles. The van der Waals surface area contributed by atoms with Gasteiger partial charge in [0.25, 0.3) is 10.0 Å². The molecule has 1 aromatic rings. The number of nitrogens with zero attached hydrogens (tertiary/aromatic N) is 2. The summed E-state index contributed by atoms with van der Waals surface area (Å²) in [5.41, 5.74) is -0.0549. The molecule has 0 bridgehead atoms. The molecule has 1 saturated heterocycles. The molecule has 0 saturated carbocycles. The predicted octanol–water partition coefficient (Wildman–Crippen LogP) is 0.617. The van der Waals surface area contributed by atoms with Gasteiger partial charge in [-0.25, -0.2) is 13.2 Å². The number of nitrogens with one attached hydrogen (secondary N) is 1. The lowest BCUT2D eigenvalue weighted by Crippen LogP contribution is -2.39. The molecule has 0 amide bonds. The van der Waals surface area contributed by atoms with Crippen LogP contribution in [0, 0.1) is 5.92 Å². The fourth-order valence-electron chi connectivity index (χ4n) is 2.22. The summed E-state index contributed by atoms with van der Waals surface area (Å²) < 4.78 is 30.9. The molecule has 0 radical (unpaired) electrons. The van der Waals surface area contributed by atoms with Gasteiger partial charge in [-0.15, -0.1) is 0 Å². The minimum absolute atomic E-state index is 0.0549. The SMILES string of the molecule is COC(=O)c1cn[nH]c1S(=O)(=O)N1CCC[C@@H](C)C1. The average Bonchev–Trinajstić information content (AvgIpc) is 2.87. The first-order chi connectivity index (χ1) is 8.96. The first-order valence-corrected chi connectivity index (χ1v) is 7.52. The zero-order valence-corrected chi connectivity index (χ0v) is 11.7. The van der Waals surface area contributed by atoms with Gasteiger partial charge in [0.1, 0.15) is 5.56 Å². The number of carbonyl (C=O) groups excluding carboxylic acids is 1. The fraction of sp³-hybridized carbons (Fsp3) is 0.636. The summed E-state index contributed by atoms with van der Waals surface area (Å²) in [6.45, 7) is 2.93. The minimum atomic E-state index is -3.72. The highest BCUT2D eigenvalue weighted by atomic mass is 32.2. The van der Waals surface area contributed by atoms with Crippen LogP contribution in [0.1, 0.15) is 30.1 Å². The van der Waals surface area contributed by atoms with E-state index >= 15 is 0 Å². The summed E-state index contributed by atoms with van der Waals surface area (Å²) in [6.07, 6.45) is 3.01. The number of hydrogen-bond acceptors (Lipinski definition) is 5. The van der Waals surface area contributed by atoms with Crippen molar-refractivity contribution >= 4 is 16.0 Å². The molecule has 0 aromatic carbocycles. The van der Waals surface area contributed by atoms with Crippen LogP contribution in [0.2, 0.25) is 0 Å². The second-order valence-electron chi connectivity index (χ2n) is 4.71. The molecule has 1 fully saturated rings. The maximum Gasteiger partial charge on any atom is 0.342 e. The number of hydrogen-bond donors (Lipinski definition) is 1. The Bertz CT molecular complexity index is 566. The van der Waals surface area contributed by atoms with E-state index in [1.54, 1.807) is 0 Å². The van der Waals surface area contributed by atoms with Crippen LogP contribution < -0.4 is 0 Å². The highest BCUT2D eigenvalue weighted by Crippen LogP contribution is 2.24. The van der Waals surface area contributed by atoms with E-state index in [-0.39, 0.29) is 10.6 Å². The average molecular weight is 287 g/mol. The maximum atomic E-state index is 12.5. The molecule has 0 unspecified atom stereocenters. The number of rotatable bonds is 3. The molecule has 1 aliphatic rings. The number of sulfonamides is 1. The Morgan fingerprint density at radius 1 is 1.58 bits per heavy atom. The van der Waals surface area contributed by atoms with Gasteiger partial charge in [-0.2, -0.15) is 9.40 Å². The van der Waals surface area contributed by atoms with Crippen LogP contribution in [0.3, 0.4) is 0 Å². The van der Waals surface area contributed by atoms with E-state index in [9.17, 15) is 13.2 Å². The topological polar surface area (TPSA) is 92.4 Å². The molecule has 1 aliphatic heterocycles. The molecule has 106 valence electrons. The second-order valence-corrected chi connectivity index (χ2v) is 6.59. The molecule has 19 heavy (non-hydrogen) atoms. The highest BCUT2D eigenvalue weighted by Gasteiger charge is 2.33. The third-order valence-electron chi connectivity index (χ3n) is 3.23. The van der Waals surface area contributed by atoms with Crippen LogP contribution in [-0.4, -0.2) is 49.1 Å². The normalized spacial score (nSPS) is 21.3. The Hall–Kier alpha value is -1.41. The molecule has 2 rings (SSSR count). The minimum Gasteiger partial charge on any atom is -0.465 e. The summed E-state index contributed by atoms with van der Waals surface area (Å²) in [7, 11) is -2.52. The summed E-state index contributed by atoms with van der Waals surface area (Å²) in [5, 5.41) is 5.85. The third kappa shape index (κ3) is 2.64. The Morgan fingerprint density at radius 2 is 2.32 bits per heavy atom. The van der Waals surface area contributed by atoms with Gasteiger partial charge in [0, 0.05) is 13.1 Å². The summed E-state index contributed by atoms with van der Waals surface area (Å²) in [6, 6.07) is 0. The zero-order valence-electron chi connectivity index (χ0n) is 10.9. The van der Waals surface area contributed by atoms with Crippen molar-refractivity contribution in [3.05, 3.63) is 11.8 Å². The van der Waals surface area contributed by atoms with E-state index in [1.165, 1.54) is 17.6 Å². The quantitative estimate of drug-likeness (QED) is 0.823. The standard InChI is InChI=1S/C11H17N3O4S/c1-8-4-3-5-14(7-8)19(16,17)10-9(6-12-13-10)11(15)18-2/h6,8H,3-5,7H2,1-2H3,(H,12,13)/t8-/m1/s1. The summed E-state index contributed by atoms with van der Waals surface area (Å²) in [5.74, 6) is -0.398. The number of ether oxygens (including phenoxy) is 1. The van der Waals surface area contributed by atoms with Crippen molar-refractivity contribution in [1.82, 2.24) is 14.5 Å². The Morgan fingerprint density at radius 3 is 2.95 bits per heavy atom. The Labute approximate surface area is 112 Å². The van der Waals surface area contributed by atoms with Crippen LogP contribution in [0.25, 0.3) is 0 Å². The van der Waals surface area contributed by atoms with Gasteiger partial charge in [-0.1, -0.05) is 6.92 Å². The van der Waals surface area contributed by atoms with Gasteiger partial charge in [0.2, 0.25) is 0 Å². The lowest BCUT2D eigenvalue weighted by Gasteiger charge is -2.29. The molecular weight excluding hydrogens is 270 g/mol. The van der Waals surface area contributed by atoms with Crippen LogP contribution in [0.4, 0.5) is 0 Å². The summed E-state index contributed by atoms with van der Waals surface area (Å²) >= 11 is 0. The van der Waals surface area contributed by atoms with Gasteiger partial charge >= 0.3 is 5.97 Å². The van der Waals surface area contributed by atoms with Gasteiger partial charge in [0.15, 0.2) is 5.03 Å². The van der Waals surface area contributed by atoms with Crippen molar-refractivity contribution in [2.75, 3.05) is 20.2 Å². The molecular formula is C11H17N3O4S.